The zero-order valence-electron chi connectivity index (χ0n) is 8.95. The summed E-state index contributed by atoms with van der Waals surface area (Å²) in [5.74, 6) is -0.245. The number of halogens is 2. The molecule has 1 aromatic carbocycles. The Balaban J connectivity index is 2.08. The molecule has 0 unspecified atom stereocenters. The lowest BCUT2D eigenvalue weighted by atomic mass is 9.98. The molecule has 0 atom stereocenters. The van der Waals surface area contributed by atoms with E-state index in [1.807, 2.05) is 18.2 Å². The van der Waals surface area contributed by atoms with E-state index >= 15 is 0 Å². The molecule has 0 saturated heterocycles. The lowest BCUT2D eigenvalue weighted by molar-refractivity contribution is 0.593. The third-order valence-electron chi connectivity index (χ3n) is 2.30. The molecule has 1 aromatic heterocycles. The monoisotopic (exact) mass is 246 g/mol. The third-order valence-corrected chi connectivity index (χ3v) is 2.66. The maximum atomic E-state index is 13.1. The number of nitrogens with zero attached hydrogens (tertiary/aromatic N) is 1. The van der Waals surface area contributed by atoms with Gasteiger partial charge in [0.2, 0.25) is 5.95 Å². The van der Waals surface area contributed by atoms with Crippen molar-refractivity contribution in [3.63, 3.8) is 0 Å². The molecule has 5 heteroatoms. The lowest BCUT2D eigenvalue weighted by Crippen LogP contribution is -2.12. The molecule has 17 heavy (non-hydrogen) atoms. The van der Waals surface area contributed by atoms with Crippen molar-refractivity contribution in [2.24, 2.45) is 0 Å². The average molecular weight is 246 g/mol. The van der Waals surface area contributed by atoms with Gasteiger partial charge in [-0.3, -0.25) is 0 Å². The number of pyridine rings is 1. The van der Waals surface area contributed by atoms with Crippen LogP contribution in [0.2, 0.25) is 5.02 Å². The smallest absolute Gasteiger partial charge is 0.207 e. The molecule has 2 radical (unpaired) electrons. The van der Waals surface area contributed by atoms with Crippen molar-refractivity contribution in [2.75, 3.05) is 5.32 Å². The van der Waals surface area contributed by atoms with Crippen molar-refractivity contribution < 1.29 is 4.39 Å². The van der Waals surface area contributed by atoms with Crippen LogP contribution in [-0.2, 0) is 6.54 Å². The standard InChI is InChI=1S/C12H9BClFN2/c13-9-5-6-11(17-12(9)15)16-7-8-3-1-2-4-10(8)14/h1-6H,7H2,(H,16,17). The summed E-state index contributed by atoms with van der Waals surface area (Å²) >= 11 is 5.99. The minimum Gasteiger partial charge on any atom is -0.366 e. The van der Waals surface area contributed by atoms with E-state index in [2.05, 4.69) is 10.3 Å². The molecule has 2 rings (SSSR count). The largest absolute Gasteiger partial charge is 0.366 e. The third kappa shape index (κ3) is 2.97. The Labute approximate surface area is 105 Å². The van der Waals surface area contributed by atoms with Gasteiger partial charge in [-0.05, 0) is 23.2 Å². The highest BCUT2D eigenvalue weighted by molar-refractivity contribution is 6.32. The van der Waals surface area contributed by atoms with Crippen LogP contribution < -0.4 is 10.8 Å². The van der Waals surface area contributed by atoms with Gasteiger partial charge in [0.15, 0.2) is 0 Å². The molecular formula is C12H9BClFN2. The van der Waals surface area contributed by atoms with E-state index in [0.717, 1.165) is 5.56 Å². The topological polar surface area (TPSA) is 24.9 Å². The zero-order valence-corrected chi connectivity index (χ0v) is 9.71. The van der Waals surface area contributed by atoms with Gasteiger partial charge in [-0.2, -0.15) is 4.39 Å². The van der Waals surface area contributed by atoms with Gasteiger partial charge in [0.05, 0.1) is 0 Å². The second-order valence-electron chi connectivity index (χ2n) is 3.52. The van der Waals surface area contributed by atoms with Crippen LogP contribution in [0.3, 0.4) is 0 Å². The Kier molecular flexibility index (Phi) is 3.64. The molecule has 2 nitrogen and oxygen atoms in total. The van der Waals surface area contributed by atoms with Crippen molar-refractivity contribution in [3.05, 3.63) is 52.9 Å². The fourth-order valence-electron chi connectivity index (χ4n) is 1.37. The van der Waals surface area contributed by atoms with Crippen LogP contribution in [0, 0.1) is 5.95 Å². The van der Waals surface area contributed by atoms with E-state index in [4.69, 9.17) is 19.4 Å². The number of nitrogens with one attached hydrogen (secondary N) is 1. The molecule has 84 valence electrons. The quantitative estimate of drug-likeness (QED) is 0.664. The first kappa shape index (κ1) is 11.9. The number of rotatable bonds is 3. The second kappa shape index (κ2) is 5.19. The highest BCUT2D eigenvalue weighted by Crippen LogP contribution is 2.16. The van der Waals surface area contributed by atoms with Crippen molar-refractivity contribution in [1.82, 2.24) is 4.98 Å². The minimum atomic E-state index is -0.672. The van der Waals surface area contributed by atoms with E-state index in [1.54, 1.807) is 12.1 Å². The van der Waals surface area contributed by atoms with Crippen LogP contribution in [-0.4, -0.2) is 12.8 Å². The summed E-state index contributed by atoms with van der Waals surface area (Å²) in [6, 6.07) is 10.5. The summed E-state index contributed by atoms with van der Waals surface area (Å²) < 4.78 is 13.1. The molecular weight excluding hydrogens is 237 g/mol. The molecule has 0 bridgehead atoms. The normalized spacial score (nSPS) is 10.2. The summed E-state index contributed by atoms with van der Waals surface area (Å²) in [5, 5.41) is 3.64. The number of aromatic nitrogens is 1. The highest BCUT2D eigenvalue weighted by atomic mass is 35.5. The number of benzene rings is 1. The van der Waals surface area contributed by atoms with Crippen LogP contribution in [0.1, 0.15) is 5.56 Å². The summed E-state index contributed by atoms with van der Waals surface area (Å²) in [5.41, 5.74) is 0.960. The van der Waals surface area contributed by atoms with Crippen LogP contribution in [0.4, 0.5) is 10.2 Å². The van der Waals surface area contributed by atoms with Gasteiger partial charge in [0, 0.05) is 11.6 Å². The fourth-order valence-corrected chi connectivity index (χ4v) is 1.57. The number of anilines is 1. The van der Waals surface area contributed by atoms with Crippen LogP contribution in [0.15, 0.2) is 36.4 Å². The summed E-state index contributed by atoms with van der Waals surface area (Å²) in [6.45, 7) is 0.482. The average Bonchev–Trinajstić information content (AvgIpc) is 2.32. The van der Waals surface area contributed by atoms with Crippen molar-refractivity contribution in [1.29, 1.82) is 0 Å². The fraction of sp³-hybridized carbons (Fsp3) is 0.0833. The van der Waals surface area contributed by atoms with E-state index < -0.39 is 5.95 Å². The molecule has 0 fully saturated rings. The number of hydrogen-bond acceptors (Lipinski definition) is 2. The number of hydrogen-bond donors (Lipinski definition) is 1. The molecule has 2 aromatic rings. The van der Waals surface area contributed by atoms with Gasteiger partial charge < -0.3 is 5.32 Å². The first-order valence-electron chi connectivity index (χ1n) is 5.06. The molecule has 0 amide bonds. The lowest BCUT2D eigenvalue weighted by Gasteiger charge is -2.07. The van der Waals surface area contributed by atoms with E-state index in [0.29, 0.717) is 17.4 Å². The van der Waals surface area contributed by atoms with Crippen LogP contribution in [0.25, 0.3) is 0 Å². The first-order valence-corrected chi connectivity index (χ1v) is 5.44. The van der Waals surface area contributed by atoms with Gasteiger partial charge in [-0.15, -0.1) is 0 Å². The molecule has 0 aliphatic carbocycles. The van der Waals surface area contributed by atoms with Crippen LogP contribution in [0.5, 0.6) is 0 Å². The molecule has 1 N–H and O–H groups in total. The van der Waals surface area contributed by atoms with Gasteiger partial charge in [-0.25, -0.2) is 4.98 Å². The molecule has 0 spiro atoms. The second-order valence-corrected chi connectivity index (χ2v) is 3.93. The Morgan fingerprint density at radius 2 is 2.00 bits per heavy atom. The Morgan fingerprint density at radius 3 is 2.71 bits per heavy atom. The van der Waals surface area contributed by atoms with E-state index in [1.165, 1.54) is 6.07 Å². The summed E-state index contributed by atoms with van der Waals surface area (Å²) in [7, 11) is 5.33. The maximum Gasteiger partial charge on any atom is 0.207 e. The predicted octanol–water partition coefficient (Wildman–Crippen LogP) is 2.28. The highest BCUT2D eigenvalue weighted by Gasteiger charge is 2.02. The minimum absolute atomic E-state index is 0.0355. The van der Waals surface area contributed by atoms with Crippen LogP contribution >= 0.6 is 11.6 Å². The molecule has 0 aliphatic heterocycles. The Hall–Kier alpha value is -1.55. The van der Waals surface area contributed by atoms with Crippen molar-refractivity contribution >= 4 is 30.7 Å². The Morgan fingerprint density at radius 1 is 1.24 bits per heavy atom. The van der Waals surface area contributed by atoms with Crippen molar-refractivity contribution in [3.8, 4) is 0 Å². The van der Waals surface area contributed by atoms with E-state index in [9.17, 15) is 4.39 Å². The summed E-state index contributed by atoms with van der Waals surface area (Å²) in [6.07, 6.45) is 0. The molecule has 0 aliphatic rings. The molecule has 1 heterocycles. The molecule has 0 saturated carbocycles. The van der Waals surface area contributed by atoms with Gasteiger partial charge in [0.25, 0.3) is 0 Å². The maximum absolute atomic E-state index is 13.1. The Bertz CT molecular complexity index is 534. The predicted molar refractivity (Wildman–Crippen MR) is 68.4 cm³/mol. The van der Waals surface area contributed by atoms with E-state index in [-0.39, 0.29) is 5.46 Å². The van der Waals surface area contributed by atoms with Gasteiger partial charge in [0.1, 0.15) is 13.7 Å². The first-order chi connectivity index (χ1) is 8.16. The summed E-state index contributed by atoms with van der Waals surface area (Å²) in [4.78, 5) is 3.67. The van der Waals surface area contributed by atoms with Gasteiger partial charge in [-0.1, -0.05) is 35.9 Å². The SMILES string of the molecule is [B]c1ccc(NCc2ccccc2Cl)nc1F. The van der Waals surface area contributed by atoms with Crippen molar-refractivity contribution in [2.45, 2.75) is 6.54 Å². The van der Waals surface area contributed by atoms with Gasteiger partial charge >= 0.3 is 0 Å². The zero-order chi connectivity index (χ0) is 12.3.